The predicted octanol–water partition coefficient (Wildman–Crippen LogP) is 2.82. The highest BCUT2D eigenvalue weighted by Gasteiger charge is 2.59. The standard InChI is InChI=1S/C27H36N2O5/c1-17-4-3-5-19-13-23-24(25(30)27(17,19)2)20(26(31)34-23)15-29-10-8-28(9-11-29)14-18-6-7-21-22(12-18)33-16-32-21/h5-7,12,17,20,23-25,30H,3-4,8-11,13-16H2,1-2H3/t17-,20?,23-,24-,25+,27-/m1/s1. The normalized spacial score (nSPS) is 37.7. The summed E-state index contributed by atoms with van der Waals surface area (Å²) < 4.78 is 16.8. The Morgan fingerprint density at radius 2 is 1.88 bits per heavy atom. The lowest BCUT2D eigenvalue weighted by Gasteiger charge is -2.52. The van der Waals surface area contributed by atoms with Crippen molar-refractivity contribution >= 4 is 5.97 Å². The molecule has 1 unspecified atom stereocenters. The van der Waals surface area contributed by atoms with E-state index in [0.29, 0.717) is 19.3 Å². The van der Waals surface area contributed by atoms with Crippen LogP contribution in [0.5, 0.6) is 11.5 Å². The zero-order chi connectivity index (χ0) is 23.4. The third-order valence-corrected chi connectivity index (χ3v) is 9.33. The van der Waals surface area contributed by atoms with E-state index in [1.807, 2.05) is 6.07 Å². The molecule has 184 valence electrons. The van der Waals surface area contributed by atoms with Crippen molar-refractivity contribution in [1.29, 1.82) is 0 Å². The van der Waals surface area contributed by atoms with E-state index >= 15 is 0 Å². The molecule has 7 heteroatoms. The Labute approximate surface area is 201 Å². The van der Waals surface area contributed by atoms with E-state index in [1.54, 1.807) is 0 Å². The number of carbonyl (C=O) groups is 1. The molecule has 0 amide bonds. The fourth-order valence-corrected chi connectivity index (χ4v) is 6.98. The van der Waals surface area contributed by atoms with Gasteiger partial charge in [0, 0.05) is 57.0 Å². The minimum absolute atomic E-state index is 0.109. The minimum Gasteiger partial charge on any atom is -0.461 e. The molecule has 0 radical (unpaired) electrons. The number of allylic oxidation sites excluding steroid dienone is 1. The molecule has 7 nitrogen and oxygen atoms in total. The fourth-order valence-electron chi connectivity index (χ4n) is 6.98. The number of rotatable bonds is 4. The summed E-state index contributed by atoms with van der Waals surface area (Å²) in [5, 5.41) is 11.6. The molecule has 0 spiro atoms. The van der Waals surface area contributed by atoms with Crippen LogP contribution in [0, 0.1) is 23.2 Å². The Morgan fingerprint density at radius 3 is 2.71 bits per heavy atom. The summed E-state index contributed by atoms with van der Waals surface area (Å²) in [6, 6.07) is 6.16. The largest absolute Gasteiger partial charge is 0.461 e. The lowest BCUT2D eigenvalue weighted by Crippen LogP contribution is -2.55. The van der Waals surface area contributed by atoms with Gasteiger partial charge in [-0.05, 0) is 36.5 Å². The quantitative estimate of drug-likeness (QED) is 0.538. The van der Waals surface area contributed by atoms with Crippen molar-refractivity contribution in [3.8, 4) is 11.5 Å². The van der Waals surface area contributed by atoms with E-state index in [0.717, 1.165) is 63.5 Å². The van der Waals surface area contributed by atoms with E-state index in [1.165, 1.54) is 11.1 Å². The van der Waals surface area contributed by atoms with Gasteiger partial charge in [-0.2, -0.15) is 0 Å². The number of fused-ring (bicyclic) bond motifs is 3. The van der Waals surface area contributed by atoms with Gasteiger partial charge in [-0.3, -0.25) is 14.6 Å². The number of hydrogen-bond acceptors (Lipinski definition) is 7. The molecule has 3 heterocycles. The molecule has 5 aliphatic rings. The van der Waals surface area contributed by atoms with Gasteiger partial charge in [-0.1, -0.05) is 31.6 Å². The smallest absolute Gasteiger partial charge is 0.311 e. The Balaban J connectivity index is 1.09. The number of nitrogens with zero attached hydrogens (tertiary/aromatic N) is 2. The second-order valence-electron chi connectivity index (χ2n) is 11.1. The number of hydrogen-bond donors (Lipinski definition) is 1. The number of aliphatic hydroxyl groups is 1. The maximum atomic E-state index is 12.9. The lowest BCUT2D eigenvalue weighted by atomic mass is 9.55. The summed E-state index contributed by atoms with van der Waals surface area (Å²) in [6.45, 7) is 10.1. The molecular formula is C27H36N2O5. The van der Waals surface area contributed by atoms with Gasteiger partial charge in [0.1, 0.15) is 6.10 Å². The van der Waals surface area contributed by atoms with Crippen molar-refractivity contribution in [1.82, 2.24) is 9.80 Å². The Kier molecular flexibility index (Phi) is 5.62. The lowest BCUT2D eigenvalue weighted by molar-refractivity contribution is -0.145. The summed E-state index contributed by atoms with van der Waals surface area (Å²) in [6.07, 6.45) is 4.53. The number of ether oxygens (including phenoxy) is 3. The van der Waals surface area contributed by atoms with Crippen LogP contribution in [0.25, 0.3) is 0 Å². The summed E-state index contributed by atoms with van der Waals surface area (Å²) in [5.74, 6) is 1.59. The fraction of sp³-hybridized carbons (Fsp3) is 0.667. The maximum absolute atomic E-state index is 12.9. The topological polar surface area (TPSA) is 71.5 Å². The summed E-state index contributed by atoms with van der Waals surface area (Å²) in [4.78, 5) is 17.8. The first-order chi connectivity index (χ1) is 16.4. The molecule has 1 aromatic rings. The van der Waals surface area contributed by atoms with Gasteiger partial charge in [0.25, 0.3) is 0 Å². The predicted molar refractivity (Wildman–Crippen MR) is 126 cm³/mol. The Hall–Kier alpha value is -2.09. The minimum atomic E-state index is -0.531. The SMILES string of the molecule is C[C@@H]1CCC=C2C[C@H]3OC(=O)C(CN4CCN(Cc5ccc6c(c5)OCO6)CC4)[C@H]3[C@H](O)[C@@]21C. The van der Waals surface area contributed by atoms with Gasteiger partial charge >= 0.3 is 5.97 Å². The van der Waals surface area contributed by atoms with Gasteiger partial charge in [0.2, 0.25) is 6.79 Å². The van der Waals surface area contributed by atoms with E-state index in [9.17, 15) is 9.90 Å². The van der Waals surface area contributed by atoms with Crippen molar-refractivity contribution in [2.45, 2.75) is 51.9 Å². The van der Waals surface area contributed by atoms with Crippen molar-refractivity contribution in [3.63, 3.8) is 0 Å². The zero-order valence-corrected chi connectivity index (χ0v) is 20.2. The molecule has 1 saturated carbocycles. The second-order valence-corrected chi connectivity index (χ2v) is 11.1. The van der Waals surface area contributed by atoms with Crippen LogP contribution in [0.4, 0.5) is 0 Å². The number of esters is 1. The summed E-state index contributed by atoms with van der Waals surface area (Å²) in [7, 11) is 0. The molecule has 1 N–H and O–H groups in total. The Bertz CT molecular complexity index is 987. The van der Waals surface area contributed by atoms with Gasteiger partial charge in [0.15, 0.2) is 11.5 Å². The Morgan fingerprint density at radius 1 is 1.12 bits per heavy atom. The average Bonchev–Trinajstić information content (AvgIpc) is 3.41. The zero-order valence-electron chi connectivity index (χ0n) is 20.2. The molecule has 6 rings (SSSR count). The number of piperazine rings is 1. The highest BCUT2D eigenvalue weighted by atomic mass is 16.7. The second kappa shape index (κ2) is 8.54. The first-order valence-electron chi connectivity index (χ1n) is 12.8. The molecule has 3 aliphatic heterocycles. The molecule has 6 atom stereocenters. The van der Waals surface area contributed by atoms with Crippen molar-refractivity contribution in [2.24, 2.45) is 23.2 Å². The third kappa shape index (κ3) is 3.64. The number of aliphatic hydroxyl groups excluding tert-OH is 1. The van der Waals surface area contributed by atoms with Crippen molar-refractivity contribution in [3.05, 3.63) is 35.4 Å². The average molecular weight is 469 g/mol. The van der Waals surface area contributed by atoms with Crippen LogP contribution in [0.2, 0.25) is 0 Å². The molecule has 3 fully saturated rings. The van der Waals surface area contributed by atoms with Crippen LogP contribution in [0.3, 0.4) is 0 Å². The molecule has 2 saturated heterocycles. The van der Waals surface area contributed by atoms with Crippen molar-refractivity contribution < 1.29 is 24.1 Å². The van der Waals surface area contributed by atoms with Crippen LogP contribution < -0.4 is 9.47 Å². The third-order valence-electron chi connectivity index (χ3n) is 9.33. The van der Waals surface area contributed by atoms with Crippen LogP contribution in [0.1, 0.15) is 38.7 Å². The van der Waals surface area contributed by atoms with Crippen LogP contribution >= 0.6 is 0 Å². The van der Waals surface area contributed by atoms with Gasteiger partial charge in [0.05, 0.1) is 12.0 Å². The van der Waals surface area contributed by atoms with Gasteiger partial charge in [-0.15, -0.1) is 0 Å². The van der Waals surface area contributed by atoms with Crippen LogP contribution in [0.15, 0.2) is 29.8 Å². The molecular weight excluding hydrogens is 432 g/mol. The highest BCUT2D eigenvalue weighted by Crippen LogP contribution is 2.56. The first-order valence-corrected chi connectivity index (χ1v) is 12.8. The molecule has 2 aliphatic carbocycles. The first kappa shape index (κ1) is 22.4. The van der Waals surface area contributed by atoms with E-state index in [2.05, 4.69) is 41.9 Å². The molecule has 0 aromatic heterocycles. The van der Waals surface area contributed by atoms with E-state index in [-0.39, 0.29) is 29.3 Å². The summed E-state index contributed by atoms with van der Waals surface area (Å²) in [5.41, 5.74) is 2.28. The number of benzene rings is 1. The van der Waals surface area contributed by atoms with Gasteiger partial charge < -0.3 is 19.3 Å². The van der Waals surface area contributed by atoms with Gasteiger partial charge in [-0.25, -0.2) is 0 Å². The molecule has 0 bridgehead atoms. The van der Waals surface area contributed by atoms with E-state index < -0.39 is 6.10 Å². The van der Waals surface area contributed by atoms with Crippen molar-refractivity contribution in [2.75, 3.05) is 39.5 Å². The van der Waals surface area contributed by atoms with Crippen LogP contribution in [-0.4, -0.2) is 72.6 Å². The molecule has 1 aromatic carbocycles. The monoisotopic (exact) mass is 468 g/mol. The summed E-state index contributed by atoms with van der Waals surface area (Å²) >= 11 is 0. The number of carbonyl (C=O) groups excluding carboxylic acids is 1. The molecule has 34 heavy (non-hydrogen) atoms. The van der Waals surface area contributed by atoms with E-state index in [4.69, 9.17) is 14.2 Å². The highest BCUT2D eigenvalue weighted by molar-refractivity contribution is 5.76. The maximum Gasteiger partial charge on any atom is 0.311 e. The van der Waals surface area contributed by atoms with Crippen LogP contribution in [-0.2, 0) is 16.1 Å².